The summed E-state index contributed by atoms with van der Waals surface area (Å²) < 4.78 is 10.9. The monoisotopic (exact) mass is 800 g/mol. The number of ether oxygens (including phenoxy) is 2. The smallest absolute Gasteiger partial charge is 0.404 e. The maximum Gasteiger partial charge on any atom is 0.404 e. The van der Waals surface area contributed by atoms with Crippen LogP contribution in [0.1, 0.15) is 64.7 Å². The quantitative estimate of drug-likeness (QED) is 0.0453. The highest BCUT2D eigenvalue weighted by atomic mass is 16.6. The van der Waals surface area contributed by atoms with Crippen LogP contribution >= 0.6 is 0 Å². The third-order valence-electron chi connectivity index (χ3n) is 9.48. The summed E-state index contributed by atoms with van der Waals surface area (Å²) in [5, 5.41) is 50.7. The van der Waals surface area contributed by atoms with E-state index >= 15 is 0 Å². The summed E-state index contributed by atoms with van der Waals surface area (Å²) in [4.78, 5) is 78.1. The summed E-state index contributed by atoms with van der Waals surface area (Å²) in [6.07, 6.45) is -4.88. The number of amides is 6. The van der Waals surface area contributed by atoms with Crippen LogP contribution in [0.2, 0.25) is 0 Å². The Morgan fingerprint density at radius 1 is 0.964 bits per heavy atom. The number of nitrogens with zero attached hydrogens (tertiary/aromatic N) is 1. The van der Waals surface area contributed by atoms with Gasteiger partial charge >= 0.3 is 6.09 Å². The molecule has 318 valence electrons. The average molecular weight is 801 g/mol. The third kappa shape index (κ3) is 14.9. The van der Waals surface area contributed by atoms with Crippen LogP contribution in [-0.4, -0.2) is 157 Å². The first-order chi connectivity index (χ1) is 26.6. The van der Waals surface area contributed by atoms with E-state index in [0.29, 0.717) is 38.8 Å². The van der Waals surface area contributed by atoms with Crippen LogP contribution in [-0.2, 0) is 33.4 Å². The Morgan fingerprint density at radius 2 is 1.59 bits per heavy atom. The fourth-order valence-electron chi connectivity index (χ4n) is 6.69. The van der Waals surface area contributed by atoms with E-state index in [4.69, 9.17) is 32.4 Å². The molecule has 11 atom stereocenters. The van der Waals surface area contributed by atoms with Gasteiger partial charge in [0.2, 0.25) is 29.5 Å². The number of primary amides is 1. The number of guanidine groups is 1. The lowest BCUT2D eigenvalue weighted by atomic mass is 9.95. The van der Waals surface area contributed by atoms with Gasteiger partial charge < -0.3 is 84.9 Å². The number of fused-ring (bicyclic) bond motifs is 1. The summed E-state index contributed by atoms with van der Waals surface area (Å²) >= 11 is 0. The number of aliphatic hydroxyl groups is 3. The van der Waals surface area contributed by atoms with Gasteiger partial charge in [0.05, 0.1) is 18.8 Å². The standard InChI is InChI=1S/C33H60N12O11/c1-16(47)41-19(7-4-10-39-23(50)12-18(36)6-3-9-38-22(49)11-17(35)5-2-8-34)13-24(51)42-27-28(52)29(56-32(37)54)21(15-46)55-31(27)45-33-43-25-20(48)14-40-30(53)26(25)44-33/h17-21,25-29,31,46,48,52H,2-15,34-36H2,1H3,(H2,37,54)(H,38,49)(H,39,50)(H,40,53)(H,41,47)(H,42,51)(H2,43,44,45). The molecule has 0 aromatic heterocycles. The molecule has 6 amide bonds. The minimum absolute atomic E-state index is 0.00122. The van der Waals surface area contributed by atoms with Gasteiger partial charge in [-0.15, -0.1) is 0 Å². The van der Waals surface area contributed by atoms with Crippen LogP contribution in [0.3, 0.4) is 0 Å². The fourth-order valence-corrected chi connectivity index (χ4v) is 6.69. The molecule has 23 heteroatoms. The lowest BCUT2D eigenvalue weighted by Gasteiger charge is -2.44. The van der Waals surface area contributed by atoms with Crippen LogP contribution in [0.15, 0.2) is 4.99 Å². The molecule has 0 bridgehead atoms. The maximum atomic E-state index is 13.4. The van der Waals surface area contributed by atoms with Gasteiger partial charge in [-0.05, 0) is 45.1 Å². The number of carbonyl (C=O) groups excluding carboxylic acids is 6. The Balaban J connectivity index is 1.51. The molecule has 2 fully saturated rings. The second-order valence-electron chi connectivity index (χ2n) is 14.3. The lowest BCUT2D eigenvalue weighted by molar-refractivity contribution is -0.198. The molecule has 0 saturated carbocycles. The summed E-state index contributed by atoms with van der Waals surface area (Å²) in [6, 6.07) is -4.47. The van der Waals surface area contributed by atoms with E-state index in [9.17, 15) is 44.1 Å². The van der Waals surface area contributed by atoms with Crippen LogP contribution in [0.25, 0.3) is 0 Å². The Bertz CT molecular complexity index is 1380. The van der Waals surface area contributed by atoms with Crippen molar-refractivity contribution in [2.24, 2.45) is 27.9 Å². The minimum Gasteiger partial charge on any atom is -0.441 e. The number of hydrogen-bond acceptors (Lipinski definition) is 17. The molecule has 0 radical (unpaired) electrons. The zero-order valence-electron chi connectivity index (χ0n) is 31.6. The van der Waals surface area contributed by atoms with Gasteiger partial charge in [0.15, 0.2) is 24.3 Å². The number of carbonyl (C=O) groups is 6. The second kappa shape index (κ2) is 23.0. The molecule has 18 N–H and O–H groups in total. The topological polar surface area (TPSA) is 382 Å². The van der Waals surface area contributed by atoms with Crippen molar-refractivity contribution in [3.05, 3.63) is 0 Å². The number of piperidine rings is 1. The highest BCUT2D eigenvalue weighted by molar-refractivity contribution is 5.92. The zero-order valence-corrected chi connectivity index (χ0v) is 31.6. The molecule has 3 aliphatic rings. The molecule has 3 heterocycles. The highest BCUT2D eigenvalue weighted by Crippen LogP contribution is 2.24. The molecule has 3 aliphatic heterocycles. The molecular formula is C33H60N12O11. The molecule has 0 aromatic carbocycles. The molecule has 11 unspecified atom stereocenters. The molecule has 3 rings (SSSR count). The SMILES string of the molecule is CC(=O)NC(CCCNC(=O)CC(N)CCCNC(=O)CC(N)CCCN)CC(=O)NC1C(NC2=NC3C(=O)NCC(O)C3N2)OC(CO)C(OC(N)=O)C1O. The molecule has 0 aromatic rings. The molecule has 56 heavy (non-hydrogen) atoms. The van der Waals surface area contributed by atoms with E-state index in [2.05, 4.69) is 42.2 Å². The number of rotatable bonds is 22. The molecule has 0 aliphatic carbocycles. The van der Waals surface area contributed by atoms with Gasteiger partial charge in [-0.3, -0.25) is 24.0 Å². The van der Waals surface area contributed by atoms with Crippen LogP contribution in [0.5, 0.6) is 0 Å². The first kappa shape index (κ1) is 46.0. The van der Waals surface area contributed by atoms with Crippen molar-refractivity contribution in [1.29, 1.82) is 0 Å². The molecule has 23 nitrogen and oxygen atoms in total. The van der Waals surface area contributed by atoms with Gasteiger partial charge in [0.25, 0.3) is 0 Å². The number of aliphatic imine (C=N–C) groups is 1. The Morgan fingerprint density at radius 3 is 2.16 bits per heavy atom. The summed E-state index contributed by atoms with van der Waals surface area (Å²) in [7, 11) is 0. The fraction of sp³-hybridized carbons (Fsp3) is 0.788. The van der Waals surface area contributed by atoms with Crippen molar-refractivity contribution in [3.8, 4) is 0 Å². The first-order valence-corrected chi connectivity index (χ1v) is 18.9. The van der Waals surface area contributed by atoms with E-state index < -0.39 is 91.3 Å². The summed E-state index contributed by atoms with van der Waals surface area (Å²) in [5.41, 5.74) is 22.7. The average Bonchev–Trinajstić information content (AvgIpc) is 3.56. The molecular weight excluding hydrogens is 740 g/mol. The van der Waals surface area contributed by atoms with E-state index in [1.165, 1.54) is 6.92 Å². The Kier molecular flexibility index (Phi) is 18.9. The number of nitrogens with one attached hydrogen (secondary N) is 7. The largest absolute Gasteiger partial charge is 0.441 e. The number of aliphatic hydroxyl groups excluding tert-OH is 3. The molecule has 0 spiro atoms. The number of β-amino-alcohol motifs (C(OH)–C–C–N with tert-alkyl or cyclic N) is 1. The van der Waals surface area contributed by atoms with E-state index in [-0.39, 0.29) is 62.6 Å². The van der Waals surface area contributed by atoms with Crippen LogP contribution in [0.4, 0.5) is 4.79 Å². The Hall–Kier alpha value is -4.39. The van der Waals surface area contributed by atoms with Crippen molar-refractivity contribution in [2.75, 3.05) is 32.8 Å². The summed E-state index contributed by atoms with van der Waals surface area (Å²) in [5.74, 6) is -1.94. The second-order valence-corrected chi connectivity index (χ2v) is 14.3. The van der Waals surface area contributed by atoms with Crippen LogP contribution in [0, 0.1) is 0 Å². The van der Waals surface area contributed by atoms with E-state index in [0.717, 1.165) is 6.42 Å². The molecule has 2 saturated heterocycles. The van der Waals surface area contributed by atoms with Crippen molar-refractivity contribution in [1.82, 2.24) is 37.2 Å². The normalized spacial score (nSPS) is 27.2. The van der Waals surface area contributed by atoms with Crippen molar-refractivity contribution in [3.63, 3.8) is 0 Å². The van der Waals surface area contributed by atoms with Gasteiger partial charge in [-0.1, -0.05) is 0 Å². The third-order valence-corrected chi connectivity index (χ3v) is 9.48. The highest BCUT2D eigenvalue weighted by Gasteiger charge is 2.49. The predicted molar refractivity (Wildman–Crippen MR) is 199 cm³/mol. The van der Waals surface area contributed by atoms with E-state index in [1.54, 1.807) is 0 Å². The van der Waals surface area contributed by atoms with E-state index in [1.807, 2.05) is 0 Å². The van der Waals surface area contributed by atoms with Crippen molar-refractivity contribution in [2.45, 2.75) is 132 Å². The number of nitrogens with two attached hydrogens (primary N) is 4. The van der Waals surface area contributed by atoms with Gasteiger partial charge in [-0.25, -0.2) is 9.79 Å². The first-order valence-electron chi connectivity index (χ1n) is 18.9. The lowest BCUT2D eigenvalue weighted by Crippen LogP contribution is -2.70. The summed E-state index contributed by atoms with van der Waals surface area (Å²) in [6.45, 7) is 1.70. The minimum atomic E-state index is -1.68. The zero-order chi connectivity index (χ0) is 41.4. The predicted octanol–water partition coefficient (Wildman–Crippen LogP) is -6.35. The van der Waals surface area contributed by atoms with Crippen LogP contribution < -0.4 is 60.2 Å². The van der Waals surface area contributed by atoms with Crippen molar-refractivity contribution < 1.29 is 53.6 Å². The maximum absolute atomic E-state index is 13.4. The number of hydrogen-bond donors (Lipinski definition) is 14. The Labute approximate surface area is 324 Å². The van der Waals surface area contributed by atoms with Gasteiger partial charge in [-0.2, -0.15) is 0 Å². The van der Waals surface area contributed by atoms with Gasteiger partial charge in [0, 0.05) is 63.9 Å². The van der Waals surface area contributed by atoms with Crippen molar-refractivity contribution >= 4 is 41.6 Å². The van der Waals surface area contributed by atoms with Gasteiger partial charge in [0.1, 0.15) is 18.2 Å².